The maximum Gasteiger partial charge on any atom is 0.0629 e. The zero-order valence-corrected chi connectivity index (χ0v) is 10.9. The highest BCUT2D eigenvalue weighted by Gasteiger charge is 2.06. The Balaban J connectivity index is 2.20. The molecule has 1 atom stereocenters. The Bertz CT molecular complexity index is 491. The summed E-state index contributed by atoms with van der Waals surface area (Å²) in [5.41, 5.74) is 7.17. The normalized spacial score (nSPS) is 12.6. The van der Waals surface area contributed by atoms with Crippen LogP contribution in [-0.2, 0) is 13.5 Å². The highest BCUT2D eigenvalue weighted by Crippen LogP contribution is 2.30. The molecule has 1 heterocycles. The van der Waals surface area contributed by atoms with E-state index in [9.17, 15) is 0 Å². The average Bonchev–Trinajstić information content (AvgIpc) is 2.66. The van der Waals surface area contributed by atoms with Gasteiger partial charge < -0.3 is 5.73 Å². The fourth-order valence-electron chi connectivity index (χ4n) is 1.70. The first kappa shape index (κ1) is 12.2. The van der Waals surface area contributed by atoms with E-state index in [1.807, 2.05) is 31.0 Å². The number of hydrogen-bond donors (Lipinski definition) is 1. The standard InChI is InChI=1S/C13H17N3S/c1-10(14)7-11-5-3-4-6-13(11)17-12-8-15-16(2)9-12/h3-6,8-10H,7,14H2,1-2H3. The lowest BCUT2D eigenvalue weighted by atomic mass is 10.1. The molecule has 0 aliphatic rings. The Hall–Kier alpha value is -1.26. The summed E-state index contributed by atoms with van der Waals surface area (Å²) in [5, 5.41) is 4.17. The zero-order valence-electron chi connectivity index (χ0n) is 10.1. The predicted octanol–water partition coefficient (Wildman–Crippen LogP) is 2.46. The van der Waals surface area contributed by atoms with Crippen LogP contribution >= 0.6 is 11.8 Å². The maximum absolute atomic E-state index is 5.87. The summed E-state index contributed by atoms with van der Waals surface area (Å²) < 4.78 is 1.82. The number of aromatic nitrogens is 2. The van der Waals surface area contributed by atoms with Crippen LogP contribution in [0.3, 0.4) is 0 Å². The molecular formula is C13H17N3S. The molecule has 1 aromatic heterocycles. The largest absolute Gasteiger partial charge is 0.328 e. The van der Waals surface area contributed by atoms with Gasteiger partial charge in [0.2, 0.25) is 0 Å². The van der Waals surface area contributed by atoms with Crippen molar-refractivity contribution >= 4 is 11.8 Å². The first-order chi connectivity index (χ1) is 8.15. The van der Waals surface area contributed by atoms with Crippen LogP contribution < -0.4 is 5.73 Å². The van der Waals surface area contributed by atoms with Gasteiger partial charge in [0.25, 0.3) is 0 Å². The zero-order chi connectivity index (χ0) is 12.3. The third kappa shape index (κ3) is 3.35. The summed E-state index contributed by atoms with van der Waals surface area (Å²) in [6, 6.07) is 8.58. The van der Waals surface area contributed by atoms with E-state index in [0.717, 1.165) is 11.3 Å². The summed E-state index contributed by atoms with van der Waals surface area (Å²) in [7, 11) is 1.93. The summed E-state index contributed by atoms with van der Waals surface area (Å²) in [5.74, 6) is 0. The molecule has 2 aromatic rings. The molecule has 0 saturated heterocycles. The van der Waals surface area contributed by atoms with E-state index < -0.39 is 0 Å². The molecule has 0 aliphatic carbocycles. The molecule has 0 radical (unpaired) electrons. The van der Waals surface area contributed by atoms with Gasteiger partial charge >= 0.3 is 0 Å². The van der Waals surface area contributed by atoms with Crippen LogP contribution in [0.4, 0.5) is 0 Å². The van der Waals surface area contributed by atoms with E-state index in [1.54, 1.807) is 11.8 Å². The Labute approximate surface area is 106 Å². The molecule has 3 nitrogen and oxygen atoms in total. The molecule has 1 unspecified atom stereocenters. The molecule has 0 saturated carbocycles. The maximum atomic E-state index is 5.87. The van der Waals surface area contributed by atoms with Crippen molar-refractivity contribution in [1.82, 2.24) is 9.78 Å². The summed E-state index contributed by atoms with van der Waals surface area (Å²) in [6.07, 6.45) is 4.81. The first-order valence-electron chi connectivity index (χ1n) is 5.65. The highest BCUT2D eigenvalue weighted by molar-refractivity contribution is 7.99. The smallest absolute Gasteiger partial charge is 0.0629 e. The Kier molecular flexibility index (Phi) is 3.86. The van der Waals surface area contributed by atoms with Gasteiger partial charge in [-0.3, -0.25) is 4.68 Å². The SMILES string of the molecule is CC(N)Cc1ccccc1Sc1cnn(C)c1. The quantitative estimate of drug-likeness (QED) is 0.902. The van der Waals surface area contributed by atoms with Crippen LogP contribution in [-0.4, -0.2) is 15.8 Å². The molecule has 1 aromatic carbocycles. The fraction of sp³-hybridized carbons (Fsp3) is 0.308. The van der Waals surface area contributed by atoms with E-state index >= 15 is 0 Å². The van der Waals surface area contributed by atoms with Gasteiger partial charge in [-0.1, -0.05) is 30.0 Å². The molecule has 90 valence electrons. The van der Waals surface area contributed by atoms with Crippen LogP contribution in [0, 0.1) is 0 Å². The third-order valence-corrected chi connectivity index (χ3v) is 3.49. The number of aryl methyl sites for hydroxylation is 1. The van der Waals surface area contributed by atoms with Gasteiger partial charge in [-0.25, -0.2) is 0 Å². The van der Waals surface area contributed by atoms with Crippen molar-refractivity contribution in [3.63, 3.8) is 0 Å². The second-order valence-corrected chi connectivity index (χ2v) is 5.36. The number of hydrogen-bond acceptors (Lipinski definition) is 3. The number of nitrogens with two attached hydrogens (primary N) is 1. The molecule has 2 rings (SSSR count). The Morgan fingerprint density at radius 3 is 2.82 bits per heavy atom. The van der Waals surface area contributed by atoms with E-state index in [-0.39, 0.29) is 6.04 Å². The van der Waals surface area contributed by atoms with Crippen LogP contribution in [0.15, 0.2) is 46.5 Å². The lowest BCUT2D eigenvalue weighted by Crippen LogP contribution is -2.18. The molecule has 4 heteroatoms. The van der Waals surface area contributed by atoms with Crippen molar-refractivity contribution in [2.24, 2.45) is 12.8 Å². The van der Waals surface area contributed by atoms with Gasteiger partial charge in [0.15, 0.2) is 0 Å². The van der Waals surface area contributed by atoms with Gasteiger partial charge in [0.1, 0.15) is 0 Å². The van der Waals surface area contributed by atoms with Crippen LogP contribution in [0.5, 0.6) is 0 Å². The van der Waals surface area contributed by atoms with Crippen molar-refractivity contribution in [2.75, 3.05) is 0 Å². The molecule has 0 fully saturated rings. The molecule has 0 amide bonds. The Morgan fingerprint density at radius 2 is 2.18 bits per heavy atom. The van der Waals surface area contributed by atoms with Crippen molar-refractivity contribution in [1.29, 1.82) is 0 Å². The van der Waals surface area contributed by atoms with Crippen LogP contribution in [0.25, 0.3) is 0 Å². The lowest BCUT2D eigenvalue weighted by Gasteiger charge is -2.10. The van der Waals surface area contributed by atoms with Crippen LogP contribution in [0.1, 0.15) is 12.5 Å². The number of benzene rings is 1. The van der Waals surface area contributed by atoms with E-state index in [2.05, 4.69) is 29.4 Å². The molecular weight excluding hydrogens is 230 g/mol. The molecule has 0 spiro atoms. The highest BCUT2D eigenvalue weighted by atomic mass is 32.2. The fourth-order valence-corrected chi connectivity index (χ4v) is 2.69. The summed E-state index contributed by atoms with van der Waals surface area (Å²) in [4.78, 5) is 2.42. The summed E-state index contributed by atoms with van der Waals surface area (Å²) in [6.45, 7) is 2.03. The minimum absolute atomic E-state index is 0.186. The predicted molar refractivity (Wildman–Crippen MR) is 71.1 cm³/mol. The number of nitrogens with zero attached hydrogens (tertiary/aromatic N) is 2. The van der Waals surface area contributed by atoms with Crippen molar-refractivity contribution in [3.8, 4) is 0 Å². The van der Waals surface area contributed by atoms with Gasteiger partial charge in [-0.15, -0.1) is 0 Å². The van der Waals surface area contributed by atoms with E-state index in [1.165, 1.54) is 10.5 Å². The second-order valence-electron chi connectivity index (χ2n) is 4.24. The molecule has 0 bridgehead atoms. The number of rotatable bonds is 4. The first-order valence-corrected chi connectivity index (χ1v) is 6.47. The average molecular weight is 247 g/mol. The summed E-state index contributed by atoms with van der Waals surface area (Å²) >= 11 is 1.74. The van der Waals surface area contributed by atoms with E-state index in [4.69, 9.17) is 5.73 Å². The topological polar surface area (TPSA) is 43.8 Å². The van der Waals surface area contributed by atoms with Gasteiger partial charge in [-0.2, -0.15) is 5.10 Å². The van der Waals surface area contributed by atoms with Crippen LogP contribution in [0.2, 0.25) is 0 Å². The molecule has 0 aliphatic heterocycles. The Morgan fingerprint density at radius 1 is 1.41 bits per heavy atom. The minimum atomic E-state index is 0.186. The minimum Gasteiger partial charge on any atom is -0.328 e. The van der Waals surface area contributed by atoms with Crippen molar-refractivity contribution in [3.05, 3.63) is 42.2 Å². The molecule has 2 N–H and O–H groups in total. The van der Waals surface area contributed by atoms with Gasteiger partial charge in [0.05, 0.1) is 11.1 Å². The lowest BCUT2D eigenvalue weighted by molar-refractivity contribution is 0.729. The van der Waals surface area contributed by atoms with Crippen molar-refractivity contribution in [2.45, 2.75) is 29.2 Å². The van der Waals surface area contributed by atoms with Gasteiger partial charge in [0, 0.05) is 24.2 Å². The second kappa shape index (κ2) is 5.38. The van der Waals surface area contributed by atoms with Crippen molar-refractivity contribution < 1.29 is 0 Å². The third-order valence-electron chi connectivity index (χ3n) is 2.42. The van der Waals surface area contributed by atoms with Gasteiger partial charge in [-0.05, 0) is 25.0 Å². The monoisotopic (exact) mass is 247 g/mol. The van der Waals surface area contributed by atoms with E-state index in [0.29, 0.717) is 0 Å². The molecule has 17 heavy (non-hydrogen) atoms.